The zero-order valence-electron chi connectivity index (χ0n) is 42.4. The largest absolute Gasteiger partial charge is 0.494 e. The van der Waals surface area contributed by atoms with Crippen LogP contribution in [0.4, 0.5) is 34.5 Å². The first-order valence-electron chi connectivity index (χ1n) is 24.5. The molecule has 3 fully saturated rings. The normalized spacial score (nSPS) is 18.5. The van der Waals surface area contributed by atoms with Gasteiger partial charge in [0.2, 0.25) is 33.7 Å². The number of β-amino-alcohol motifs (C(OH)–C–C–N with tert-alkyl or cyclic N) is 1. The zero-order valence-corrected chi connectivity index (χ0v) is 44.8. The fourth-order valence-corrected chi connectivity index (χ4v) is 11.4. The first-order chi connectivity index (χ1) is 34.7. The van der Waals surface area contributed by atoms with Gasteiger partial charge in [-0.15, -0.1) is 11.3 Å². The zero-order chi connectivity index (χ0) is 52.2. The highest BCUT2D eigenvalue weighted by atomic mass is 35.5. The minimum Gasteiger partial charge on any atom is -0.494 e. The fourth-order valence-electron chi connectivity index (χ4n) is 9.89. The van der Waals surface area contributed by atoms with Gasteiger partial charge in [-0.1, -0.05) is 68.8 Å². The molecule has 5 N–H and O–H groups in total. The van der Waals surface area contributed by atoms with Gasteiger partial charge in [0, 0.05) is 51.4 Å². The summed E-state index contributed by atoms with van der Waals surface area (Å²) in [6.45, 7) is 11.3. The number of carbonyl (C=O) groups excluding carboxylic acids is 3. The molecular weight excluding hydrogens is 990 g/mol. The number of methoxy groups -OCH3 is 1. The molecule has 5 heterocycles. The minimum absolute atomic E-state index is 0.0115. The van der Waals surface area contributed by atoms with E-state index in [4.69, 9.17) is 16.3 Å². The molecule has 1 spiro atoms. The number of aliphatic hydroxyl groups is 1. The van der Waals surface area contributed by atoms with Crippen molar-refractivity contribution >= 4 is 85.2 Å². The number of para-hydroxylation sites is 2. The highest BCUT2D eigenvalue weighted by Crippen LogP contribution is 2.43. The van der Waals surface area contributed by atoms with Gasteiger partial charge in [-0.25, -0.2) is 18.4 Å². The van der Waals surface area contributed by atoms with Crippen LogP contribution in [0, 0.1) is 17.8 Å². The van der Waals surface area contributed by atoms with E-state index >= 15 is 0 Å². The van der Waals surface area contributed by atoms with Gasteiger partial charge in [0.05, 0.1) is 65.4 Å². The number of halogens is 1. The predicted molar refractivity (Wildman–Crippen MR) is 287 cm³/mol. The standard InChI is InChI=1S/C52H66ClN11O7S2/c1-33-45(72-32-56-33)35-14-12-34(13-15-35)28-54-48(67)42-27-37(65)30-64(42)49(68)46(51(2,3)4)59-44(66)31-62-22-18-52(19-23-62)20-24-63(25-21-52)36-16-17-40(43(26-36)71-6)58-50-55-29-38(53)47(60-50)57-39-10-8-9-11-41(39)61(5)73(7,69)70/h8-17,26,29,32,37,42,46,65H,18-25,27-28,30-31H2,1-7H3,(H,54,67)(H,59,66)(H2,55,57,58,60)/t37-,42+,46-/m1/s1. The Morgan fingerprint density at radius 1 is 0.973 bits per heavy atom. The highest BCUT2D eigenvalue weighted by molar-refractivity contribution is 7.92. The summed E-state index contributed by atoms with van der Waals surface area (Å²) in [7, 11) is -0.438. The summed E-state index contributed by atoms with van der Waals surface area (Å²) in [4.78, 5) is 62.0. The molecule has 3 aromatic carbocycles. The average molecular weight is 1060 g/mol. The van der Waals surface area contributed by atoms with Crippen LogP contribution in [0.1, 0.15) is 64.1 Å². The first-order valence-corrected chi connectivity index (χ1v) is 27.6. The maximum Gasteiger partial charge on any atom is 0.246 e. The molecule has 0 unspecified atom stereocenters. The smallest absolute Gasteiger partial charge is 0.246 e. The number of anilines is 6. The summed E-state index contributed by atoms with van der Waals surface area (Å²) in [5.74, 6) is 0.179. The summed E-state index contributed by atoms with van der Waals surface area (Å²) in [5, 5.41) is 23.4. The molecule has 5 aromatic rings. The Balaban J connectivity index is 0.817. The quantitative estimate of drug-likeness (QED) is 0.0677. The summed E-state index contributed by atoms with van der Waals surface area (Å²) in [5.41, 5.74) is 6.86. The van der Waals surface area contributed by atoms with Crippen molar-refractivity contribution in [3.8, 4) is 16.2 Å². The number of nitrogens with zero attached hydrogens (tertiary/aromatic N) is 7. The van der Waals surface area contributed by atoms with E-state index < -0.39 is 33.6 Å². The molecule has 2 aromatic heterocycles. The molecule has 3 saturated heterocycles. The number of thiazole rings is 1. The lowest BCUT2D eigenvalue weighted by molar-refractivity contribution is -0.144. The van der Waals surface area contributed by atoms with E-state index in [2.05, 4.69) is 46.0 Å². The number of nitrogens with one attached hydrogen (secondary N) is 4. The fraction of sp³-hybridized carbons (Fsp3) is 0.462. The molecule has 3 amide bonds. The maximum atomic E-state index is 14.3. The Bertz CT molecular complexity index is 2900. The van der Waals surface area contributed by atoms with Gasteiger partial charge in [-0.2, -0.15) is 4.98 Å². The van der Waals surface area contributed by atoms with Crippen LogP contribution in [0.25, 0.3) is 10.4 Å². The Morgan fingerprint density at radius 3 is 2.33 bits per heavy atom. The third kappa shape index (κ3) is 12.7. The van der Waals surface area contributed by atoms with Crippen LogP contribution < -0.4 is 35.2 Å². The molecular formula is C52H66ClN11O7S2. The molecule has 0 bridgehead atoms. The van der Waals surface area contributed by atoms with Crippen LogP contribution in [-0.2, 0) is 31.0 Å². The molecule has 390 valence electrons. The summed E-state index contributed by atoms with van der Waals surface area (Å²) < 4.78 is 31.6. The molecule has 3 aliphatic rings. The van der Waals surface area contributed by atoms with Gasteiger partial charge in [0.15, 0.2) is 5.82 Å². The van der Waals surface area contributed by atoms with Crippen molar-refractivity contribution in [3.05, 3.63) is 94.7 Å². The SMILES string of the molecule is COc1cc(N2CCC3(CCN(CC(=O)N[C@H](C(=O)N4C[C@H](O)C[C@H]4C(=O)NCc4ccc(-c5scnc5C)cc4)C(C)(C)C)CC3)CC2)ccc1Nc1ncc(Cl)c(Nc2ccccc2N(C)S(C)(=O)=O)n1. The van der Waals surface area contributed by atoms with Crippen LogP contribution in [0.2, 0.25) is 5.02 Å². The second-order valence-electron chi connectivity index (χ2n) is 20.5. The number of hydrogen-bond donors (Lipinski definition) is 5. The van der Waals surface area contributed by atoms with Crippen molar-refractivity contribution in [3.63, 3.8) is 0 Å². The van der Waals surface area contributed by atoms with Gasteiger partial charge in [0.25, 0.3) is 0 Å². The van der Waals surface area contributed by atoms with E-state index in [9.17, 15) is 27.9 Å². The van der Waals surface area contributed by atoms with Gasteiger partial charge < -0.3 is 40.9 Å². The monoisotopic (exact) mass is 1060 g/mol. The molecule has 73 heavy (non-hydrogen) atoms. The molecule has 18 nitrogen and oxygen atoms in total. The number of aromatic nitrogens is 3. The second-order valence-corrected chi connectivity index (χ2v) is 23.8. The van der Waals surface area contributed by atoms with E-state index in [1.807, 2.05) is 75.7 Å². The van der Waals surface area contributed by atoms with Crippen LogP contribution >= 0.6 is 22.9 Å². The lowest BCUT2D eigenvalue weighted by Crippen LogP contribution is -2.59. The molecule has 0 radical (unpaired) electrons. The van der Waals surface area contributed by atoms with E-state index in [0.717, 1.165) is 85.5 Å². The number of piperidine rings is 2. The number of carbonyl (C=O) groups is 3. The highest BCUT2D eigenvalue weighted by Gasteiger charge is 2.45. The van der Waals surface area contributed by atoms with Gasteiger partial charge in [0.1, 0.15) is 22.9 Å². The summed E-state index contributed by atoms with van der Waals surface area (Å²) in [6.07, 6.45) is 5.78. The van der Waals surface area contributed by atoms with Gasteiger partial charge >= 0.3 is 0 Å². The number of benzene rings is 3. The summed E-state index contributed by atoms with van der Waals surface area (Å²) >= 11 is 8.08. The number of rotatable bonds is 16. The third-order valence-corrected chi connectivity index (χ3v) is 16.8. The van der Waals surface area contributed by atoms with Crippen molar-refractivity contribution in [2.75, 3.05) is 79.5 Å². The van der Waals surface area contributed by atoms with Crippen LogP contribution in [-0.4, -0.2) is 134 Å². The molecule has 8 rings (SSSR count). The van der Waals surface area contributed by atoms with Gasteiger partial charge in [-0.05, 0) is 91.9 Å². The van der Waals surface area contributed by atoms with E-state index in [1.165, 1.54) is 22.4 Å². The molecule has 3 aliphatic heterocycles. The Morgan fingerprint density at radius 2 is 1.67 bits per heavy atom. The number of likely N-dealkylation sites (tertiary alicyclic amines) is 2. The Labute approximate surface area is 436 Å². The Hall–Kier alpha value is -6.06. The number of amides is 3. The van der Waals surface area contributed by atoms with Crippen molar-refractivity contribution in [1.82, 2.24) is 35.4 Å². The molecule has 21 heteroatoms. The average Bonchev–Trinajstić information content (AvgIpc) is 3.99. The van der Waals surface area contributed by atoms with Crippen LogP contribution in [0.3, 0.4) is 0 Å². The topological polar surface area (TPSA) is 215 Å². The van der Waals surface area contributed by atoms with Crippen LogP contribution in [0.5, 0.6) is 5.75 Å². The number of aryl methyl sites for hydroxylation is 1. The van der Waals surface area contributed by atoms with Crippen molar-refractivity contribution in [2.24, 2.45) is 10.8 Å². The molecule has 0 saturated carbocycles. The number of hydrogen-bond acceptors (Lipinski definition) is 15. The lowest BCUT2D eigenvalue weighted by atomic mass is 9.71. The van der Waals surface area contributed by atoms with E-state index in [-0.39, 0.29) is 66.0 Å². The predicted octanol–water partition coefficient (Wildman–Crippen LogP) is 6.95. The second kappa shape index (κ2) is 22.2. The first kappa shape index (κ1) is 53.2. The molecule has 3 atom stereocenters. The maximum absolute atomic E-state index is 14.3. The number of aliphatic hydroxyl groups excluding tert-OH is 1. The third-order valence-electron chi connectivity index (χ3n) is 14.4. The molecule has 0 aliphatic carbocycles. The minimum atomic E-state index is -3.53. The van der Waals surface area contributed by atoms with E-state index in [0.29, 0.717) is 22.8 Å². The van der Waals surface area contributed by atoms with E-state index in [1.54, 1.807) is 42.7 Å². The van der Waals surface area contributed by atoms with Crippen molar-refractivity contribution in [1.29, 1.82) is 0 Å². The van der Waals surface area contributed by atoms with Crippen molar-refractivity contribution in [2.45, 2.75) is 84.5 Å². The summed E-state index contributed by atoms with van der Waals surface area (Å²) in [6, 6.07) is 19.1. The van der Waals surface area contributed by atoms with Crippen molar-refractivity contribution < 1.29 is 32.6 Å². The lowest BCUT2D eigenvalue weighted by Gasteiger charge is -2.47. The number of sulfonamides is 1. The Kier molecular flexibility index (Phi) is 16.2. The van der Waals surface area contributed by atoms with Crippen LogP contribution in [0.15, 0.2) is 78.4 Å². The van der Waals surface area contributed by atoms with Gasteiger partial charge in [-0.3, -0.25) is 23.6 Å². The number of ether oxygens (including phenoxy) is 1.